The summed E-state index contributed by atoms with van der Waals surface area (Å²) >= 11 is 5.74. The van der Waals surface area contributed by atoms with E-state index in [0.29, 0.717) is 12.2 Å². The van der Waals surface area contributed by atoms with Crippen LogP contribution in [0.2, 0.25) is 5.02 Å². The van der Waals surface area contributed by atoms with Crippen molar-refractivity contribution in [2.75, 3.05) is 6.61 Å². The summed E-state index contributed by atoms with van der Waals surface area (Å²) in [6.07, 6.45) is 3.04. The van der Waals surface area contributed by atoms with E-state index in [4.69, 9.17) is 21.6 Å². The van der Waals surface area contributed by atoms with Gasteiger partial charge in [-0.15, -0.1) is 0 Å². The second-order valence-corrected chi connectivity index (χ2v) is 4.28. The Hall–Kier alpha value is -1.99. The first-order valence-corrected chi connectivity index (χ1v) is 6.23. The number of unbranched alkanes of at least 4 members (excludes halogenated alkanes) is 1. The zero-order chi connectivity index (χ0) is 14.3. The number of ether oxygens (including phenoxy) is 1. The molecule has 0 unspecified atom stereocenters. The topological polar surface area (TPSA) is 70.3 Å². The summed E-state index contributed by atoms with van der Waals surface area (Å²) < 4.78 is 4.95. The van der Waals surface area contributed by atoms with Crippen molar-refractivity contribution in [3.8, 4) is 11.8 Å². The Kier molecular flexibility index (Phi) is 5.91. The number of halogens is 1. The molecule has 1 aromatic rings. The van der Waals surface area contributed by atoms with E-state index in [1.807, 2.05) is 6.92 Å². The van der Waals surface area contributed by atoms with Crippen LogP contribution in [0.1, 0.15) is 25.3 Å². The van der Waals surface area contributed by atoms with Crippen molar-refractivity contribution in [2.24, 2.45) is 0 Å². The van der Waals surface area contributed by atoms with Gasteiger partial charge in [-0.25, -0.2) is 4.79 Å². The molecule has 0 fully saturated rings. The third-order valence-corrected chi connectivity index (χ3v) is 2.66. The van der Waals surface area contributed by atoms with Gasteiger partial charge in [0, 0.05) is 0 Å². The van der Waals surface area contributed by atoms with Crippen molar-refractivity contribution in [3.63, 3.8) is 0 Å². The van der Waals surface area contributed by atoms with Crippen LogP contribution in [-0.2, 0) is 9.53 Å². The summed E-state index contributed by atoms with van der Waals surface area (Å²) in [6.45, 7) is 2.28. The molecule has 0 heterocycles. The Morgan fingerprint density at radius 1 is 1.58 bits per heavy atom. The van der Waals surface area contributed by atoms with Gasteiger partial charge in [-0.1, -0.05) is 31.0 Å². The Labute approximate surface area is 116 Å². The van der Waals surface area contributed by atoms with E-state index in [9.17, 15) is 9.90 Å². The number of hydrogen-bond acceptors (Lipinski definition) is 4. The van der Waals surface area contributed by atoms with Crippen LogP contribution in [0, 0.1) is 11.3 Å². The second-order valence-electron chi connectivity index (χ2n) is 3.87. The minimum Gasteiger partial charge on any atom is -0.506 e. The summed E-state index contributed by atoms with van der Waals surface area (Å²) in [4.78, 5) is 11.6. The van der Waals surface area contributed by atoms with Gasteiger partial charge < -0.3 is 9.84 Å². The van der Waals surface area contributed by atoms with Crippen molar-refractivity contribution in [3.05, 3.63) is 34.4 Å². The fourth-order valence-electron chi connectivity index (χ4n) is 1.30. The zero-order valence-electron chi connectivity index (χ0n) is 10.5. The molecule has 0 bridgehead atoms. The van der Waals surface area contributed by atoms with Gasteiger partial charge in [0.05, 0.1) is 11.6 Å². The maximum Gasteiger partial charge on any atom is 0.348 e. The van der Waals surface area contributed by atoms with Gasteiger partial charge in [0.25, 0.3) is 0 Å². The first-order valence-electron chi connectivity index (χ1n) is 5.86. The molecule has 0 aliphatic heterocycles. The van der Waals surface area contributed by atoms with Crippen LogP contribution in [0.5, 0.6) is 5.75 Å². The van der Waals surface area contributed by atoms with Crippen LogP contribution >= 0.6 is 11.6 Å². The predicted molar refractivity (Wildman–Crippen MR) is 72.6 cm³/mol. The number of benzene rings is 1. The van der Waals surface area contributed by atoms with E-state index < -0.39 is 5.97 Å². The molecule has 4 nitrogen and oxygen atoms in total. The molecular formula is C14H14ClNO3. The second kappa shape index (κ2) is 7.45. The van der Waals surface area contributed by atoms with Crippen molar-refractivity contribution in [1.29, 1.82) is 5.26 Å². The quantitative estimate of drug-likeness (QED) is 0.388. The predicted octanol–water partition coefficient (Wildman–Crippen LogP) is 3.30. The van der Waals surface area contributed by atoms with Crippen molar-refractivity contribution >= 4 is 23.6 Å². The Balaban J connectivity index is 2.84. The minimum absolute atomic E-state index is 0.0529. The number of phenolic OH excluding ortho intramolecular Hbond substituents is 1. The lowest BCUT2D eigenvalue weighted by Crippen LogP contribution is -2.07. The molecule has 5 heteroatoms. The van der Waals surface area contributed by atoms with Crippen LogP contribution in [0.4, 0.5) is 0 Å². The van der Waals surface area contributed by atoms with Gasteiger partial charge in [0.15, 0.2) is 0 Å². The third-order valence-electron chi connectivity index (χ3n) is 2.35. The molecule has 0 aliphatic rings. The maximum atomic E-state index is 11.6. The van der Waals surface area contributed by atoms with E-state index in [-0.39, 0.29) is 16.3 Å². The number of nitriles is 1. The summed E-state index contributed by atoms with van der Waals surface area (Å²) in [6, 6.07) is 6.21. The van der Waals surface area contributed by atoms with Crippen molar-refractivity contribution in [1.82, 2.24) is 0 Å². The molecule has 1 N–H and O–H groups in total. The smallest absolute Gasteiger partial charge is 0.348 e. The van der Waals surface area contributed by atoms with Gasteiger partial charge >= 0.3 is 5.97 Å². The number of nitrogens with zero attached hydrogens (tertiary/aromatic N) is 1. The number of carbonyl (C=O) groups excluding carboxylic acids is 1. The van der Waals surface area contributed by atoms with Crippen molar-refractivity contribution in [2.45, 2.75) is 19.8 Å². The van der Waals surface area contributed by atoms with E-state index in [2.05, 4.69) is 0 Å². The average Bonchev–Trinajstić information content (AvgIpc) is 2.40. The monoisotopic (exact) mass is 279 g/mol. The fraction of sp³-hybridized carbons (Fsp3) is 0.286. The lowest BCUT2D eigenvalue weighted by Gasteiger charge is -2.03. The largest absolute Gasteiger partial charge is 0.506 e. The van der Waals surface area contributed by atoms with Crippen LogP contribution < -0.4 is 0 Å². The molecule has 19 heavy (non-hydrogen) atoms. The molecule has 0 amide bonds. The molecule has 0 aliphatic carbocycles. The summed E-state index contributed by atoms with van der Waals surface area (Å²) in [5.41, 5.74) is 0.449. The van der Waals surface area contributed by atoms with Gasteiger partial charge in [0.1, 0.15) is 17.4 Å². The molecule has 0 spiro atoms. The molecule has 1 aromatic carbocycles. The maximum absolute atomic E-state index is 11.6. The van der Waals surface area contributed by atoms with Gasteiger partial charge in [-0.3, -0.25) is 0 Å². The Bertz CT molecular complexity index is 532. The first-order chi connectivity index (χ1) is 9.08. The van der Waals surface area contributed by atoms with Gasteiger partial charge in [-0.05, 0) is 30.2 Å². The van der Waals surface area contributed by atoms with E-state index in [1.165, 1.54) is 18.2 Å². The van der Waals surface area contributed by atoms with Crippen LogP contribution in [-0.4, -0.2) is 17.7 Å². The van der Waals surface area contributed by atoms with Gasteiger partial charge in [-0.2, -0.15) is 5.26 Å². The molecule has 1 rings (SSSR count). The first kappa shape index (κ1) is 15.1. The van der Waals surface area contributed by atoms with E-state index in [1.54, 1.807) is 12.1 Å². The number of rotatable bonds is 5. The molecule has 0 atom stereocenters. The molecule has 0 radical (unpaired) electrons. The van der Waals surface area contributed by atoms with Crippen molar-refractivity contribution < 1.29 is 14.6 Å². The van der Waals surface area contributed by atoms with Crippen LogP contribution in [0.25, 0.3) is 6.08 Å². The normalized spacial score (nSPS) is 10.9. The Morgan fingerprint density at radius 2 is 2.32 bits per heavy atom. The highest BCUT2D eigenvalue weighted by Crippen LogP contribution is 2.24. The lowest BCUT2D eigenvalue weighted by molar-refractivity contribution is -0.138. The number of aromatic hydroxyl groups is 1. The summed E-state index contributed by atoms with van der Waals surface area (Å²) in [5.74, 6) is -0.706. The molecule has 0 saturated carbocycles. The SMILES string of the molecule is CCCCOC(=O)/C(C#N)=C\c1ccc(O)c(Cl)c1. The average molecular weight is 280 g/mol. The molecule has 0 aromatic heterocycles. The van der Waals surface area contributed by atoms with Crippen LogP contribution in [0.15, 0.2) is 23.8 Å². The zero-order valence-corrected chi connectivity index (χ0v) is 11.3. The number of hydrogen-bond donors (Lipinski definition) is 1. The van der Waals surface area contributed by atoms with Crippen LogP contribution in [0.3, 0.4) is 0 Å². The number of phenols is 1. The molecule has 0 saturated heterocycles. The Morgan fingerprint density at radius 3 is 2.89 bits per heavy atom. The highest BCUT2D eigenvalue weighted by Gasteiger charge is 2.10. The lowest BCUT2D eigenvalue weighted by atomic mass is 10.1. The molecule has 100 valence electrons. The summed E-state index contributed by atoms with van der Waals surface area (Å²) in [7, 11) is 0. The van der Waals surface area contributed by atoms with E-state index in [0.717, 1.165) is 12.8 Å². The number of carbonyl (C=O) groups is 1. The minimum atomic E-state index is -0.653. The molecular weight excluding hydrogens is 266 g/mol. The highest BCUT2D eigenvalue weighted by molar-refractivity contribution is 6.32. The highest BCUT2D eigenvalue weighted by atomic mass is 35.5. The van der Waals surface area contributed by atoms with E-state index >= 15 is 0 Å². The summed E-state index contributed by atoms with van der Waals surface area (Å²) in [5, 5.41) is 18.4. The standard InChI is InChI=1S/C14H14ClNO3/c1-2-3-6-19-14(18)11(9-16)7-10-4-5-13(17)12(15)8-10/h4-5,7-8,17H,2-3,6H2,1H3/b11-7-. The fourth-order valence-corrected chi connectivity index (χ4v) is 1.49. The van der Waals surface area contributed by atoms with Gasteiger partial charge in [0.2, 0.25) is 0 Å². The third kappa shape index (κ3) is 4.65. The number of esters is 1.